The Labute approximate surface area is 94.3 Å². The first kappa shape index (κ1) is 9.96. The molecule has 2 heterocycles. The number of furan rings is 1. The van der Waals surface area contributed by atoms with E-state index in [-0.39, 0.29) is 0 Å². The van der Waals surface area contributed by atoms with Gasteiger partial charge >= 0.3 is 0 Å². The summed E-state index contributed by atoms with van der Waals surface area (Å²) in [6.45, 7) is 1.86. The van der Waals surface area contributed by atoms with Gasteiger partial charge in [-0.2, -0.15) is 0 Å². The lowest BCUT2D eigenvalue weighted by molar-refractivity contribution is 0.222. The fourth-order valence-electron chi connectivity index (χ4n) is 1.26. The van der Waals surface area contributed by atoms with Crippen molar-refractivity contribution in [2.24, 2.45) is 0 Å². The Hall–Kier alpha value is -0.580. The van der Waals surface area contributed by atoms with E-state index in [2.05, 4.69) is 15.9 Å². The van der Waals surface area contributed by atoms with Gasteiger partial charge in [0.25, 0.3) is 0 Å². The molecule has 0 aromatic carbocycles. The number of aliphatic hydroxyl groups excluding tert-OH is 1. The lowest BCUT2D eigenvalue weighted by Gasteiger charge is -2.05. The highest BCUT2D eigenvalue weighted by Crippen LogP contribution is 2.33. The molecular formula is C10H9BrO2S. The molecule has 0 spiro atoms. The van der Waals surface area contributed by atoms with E-state index in [1.807, 2.05) is 24.4 Å². The predicted molar refractivity (Wildman–Crippen MR) is 59.5 cm³/mol. The van der Waals surface area contributed by atoms with Gasteiger partial charge in [0.1, 0.15) is 11.9 Å². The molecule has 1 N–H and O–H groups in total. The van der Waals surface area contributed by atoms with Crippen LogP contribution in [0.1, 0.15) is 22.3 Å². The molecule has 1 atom stereocenters. The molecule has 74 valence electrons. The van der Waals surface area contributed by atoms with Crippen LogP contribution >= 0.6 is 27.3 Å². The van der Waals surface area contributed by atoms with Gasteiger partial charge in [-0.25, -0.2) is 0 Å². The number of halogens is 1. The van der Waals surface area contributed by atoms with E-state index in [0.717, 1.165) is 20.7 Å². The maximum Gasteiger partial charge on any atom is 0.117 e. The smallest absolute Gasteiger partial charge is 0.117 e. The maximum absolute atomic E-state index is 10.00. The van der Waals surface area contributed by atoms with Crippen LogP contribution in [0.15, 0.2) is 32.7 Å². The van der Waals surface area contributed by atoms with E-state index in [0.29, 0.717) is 0 Å². The fourth-order valence-corrected chi connectivity index (χ4v) is 2.86. The summed E-state index contributed by atoms with van der Waals surface area (Å²) in [5, 5.41) is 11.9. The maximum atomic E-state index is 10.00. The summed E-state index contributed by atoms with van der Waals surface area (Å²) in [6, 6.07) is 3.77. The van der Waals surface area contributed by atoms with Gasteiger partial charge in [0.05, 0.1) is 11.1 Å². The molecule has 0 fully saturated rings. The van der Waals surface area contributed by atoms with Crippen LogP contribution in [0.3, 0.4) is 0 Å². The second kappa shape index (κ2) is 3.88. The SMILES string of the molecule is Cc1cc(C(O)c2sccc2Br)co1. The average Bonchev–Trinajstić information content (AvgIpc) is 2.73. The van der Waals surface area contributed by atoms with Crippen molar-refractivity contribution >= 4 is 27.3 Å². The molecule has 0 saturated carbocycles. The van der Waals surface area contributed by atoms with Crippen LogP contribution in [0.4, 0.5) is 0 Å². The van der Waals surface area contributed by atoms with Gasteiger partial charge in [-0.3, -0.25) is 0 Å². The van der Waals surface area contributed by atoms with Gasteiger partial charge in [-0.05, 0) is 40.4 Å². The predicted octanol–water partition coefficient (Wildman–Crippen LogP) is 3.49. The van der Waals surface area contributed by atoms with Crippen molar-refractivity contribution in [3.63, 3.8) is 0 Å². The third-order valence-electron chi connectivity index (χ3n) is 1.96. The van der Waals surface area contributed by atoms with Crippen LogP contribution in [-0.4, -0.2) is 5.11 Å². The summed E-state index contributed by atoms with van der Waals surface area (Å²) in [7, 11) is 0. The first-order chi connectivity index (χ1) is 6.68. The molecule has 0 bridgehead atoms. The molecule has 2 aromatic rings. The van der Waals surface area contributed by atoms with E-state index in [1.54, 1.807) is 6.26 Å². The minimum absolute atomic E-state index is 0.596. The van der Waals surface area contributed by atoms with Crippen molar-refractivity contribution in [2.75, 3.05) is 0 Å². The molecule has 4 heteroatoms. The van der Waals surface area contributed by atoms with Crippen LogP contribution < -0.4 is 0 Å². The first-order valence-electron chi connectivity index (χ1n) is 4.14. The number of thiophene rings is 1. The average molecular weight is 273 g/mol. The second-order valence-corrected chi connectivity index (χ2v) is 4.83. The van der Waals surface area contributed by atoms with Gasteiger partial charge in [0.15, 0.2) is 0 Å². The Balaban J connectivity index is 2.33. The lowest BCUT2D eigenvalue weighted by atomic mass is 10.1. The van der Waals surface area contributed by atoms with Crippen molar-refractivity contribution in [3.05, 3.63) is 44.4 Å². The first-order valence-corrected chi connectivity index (χ1v) is 5.81. The number of rotatable bonds is 2. The monoisotopic (exact) mass is 272 g/mol. The van der Waals surface area contributed by atoms with Crippen LogP contribution in [0.25, 0.3) is 0 Å². The zero-order valence-corrected chi connectivity index (χ0v) is 9.93. The highest BCUT2D eigenvalue weighted by Gasteiger charge is 2.16. The van der Waals surface area contributed by atoms with Crippen LogP contribution in [0, 0.1) is 6.92 Å². The minimum Gasteiger partial charge on any atom is -0.469 e. The second-order valence-electron chi connectivity index (χ2n) is 3.03. The Kier molecular flexibility index (Phi) is 2.76. The molecule has 0 aliphatic rings. The van der Waals surface area contributed by atoms with E-state index in [9.17, 15) is 5.11 Å². The highest BCUT2D eigenvalue weighted by atomic mass is 79.9. The van der Waals surface area contributed by atoms with E-state index >= 15 is 0 Å². The zero-order valence-electron chi connectivity index (χ0n) is 7.53. The Morgan fingerprint density at radius 1 is 1.57 bits per heavy atom. The third-order valence-corrected chi connectivity index (χ3v) is 3.88. The summed E-state index contributed by atoms with van der Waals surface area (Å²) in [5.41, 5.74) is 0.797. The topological polar surface area (TPSA) is 33.4 Å². The normalized spacial score (nSPS) is 13.1. The van der Waals surface area contributed by atoms with Crippen molar-refractivity contribution in [1.82, 2.24) is 0 Å². The summed E-state index contributed by atoms with van der Waals surface area (Å²) in [4.78, 5) is 0.908. The van der Waals surface area contributed by atoms with Gasteiger partial charge in [0.2, 0.25) is 0 Å². The van der Waals surface area contributed by atoms with Gasteiger partial charge in [-0.1, -0.05) is 0 Å². The van der Waals surface area contributed by atoms with Crippen LogP contribution in [0.5, 0.6) is 0 Å². The molecule has 2 nitrogen and oxygen atoms in total. The van der Waals surface area contributed by atoms with E-state index < -0.39 is 6.10 Å². The molecule has 2 aromatic heterocycles. The summed E-state index contributed by atoms with van der Waals surface area (Å²) in [6.07, 6.45) is 0.994. The molecule has 0 aliphatic carbocycles. The van der Waals surface area contributed by atoms with Crippen molar-refractivity contribution < 1.29 is 9.52 Å². The minimum atomic E-state index is -0.596. The van der Waals surface area contributed by atoms with Crippen LogP contribution in [0.2, 0.25) is 0 Å². The van der Waals surface area contributed by atoms with Gasteiger partial charge in [-0.15, -0.1) is 11.3 Å². The van der Waals surface area contributed by atoms with E-state index in [4.69, 9.17) is 4.42 Å². The Morgan fingerprint density at radius 2 is 2.36 bits per heavy atom. The zero-order chi connectivity index (χ0) is 10.1. The van der Waals surface area contributed by atoms with Crippen LogP contribution in [-0.2, 0) is 0 Å². The third kappa shape index (κ3) is 1.78. The Bertz CT molecular complexity index is 433. The molecule has 0 aliphatic heterocycles. The number of aliphatic hydroxyl groups is 1. The molecule has 2 rings (SSSR count). The largest absolute Gasteiger partial charge is 0.469 e. The molecule has 14 heavy (non-hydrogen) atoms. The Morgan fingerprint density at radius 3 is 2.86 bits per heavy atom. The standard InChI is InChI=1S/C10H9BrO2S/c1-6-4-7(5-13-6)9(12)10-8(11)2-3-14-10/h2-5,9,12H,1H3. The highest BCUT2D eigenvalue weighted by molar-refractivity contribution is 9.10. The molecule has 1 unspecified atom stereocenters. The fraction of sp³-hybridized carbons (Fsp3) is 0.200. The number of aryl methyl sites for hydroxylation is 1. The molecule has 0 amide bonds. The molecule has 0 radical (unpaired) electrons. The van der Waals surface area contributed by atoms with Gasteiger partial charge in [0, 0.05) is 10.0 Å². The van der Waals surface area contributed by atoms with Gasteiger partial charge < -0.3 is 9.52 Å². The quantitative estimate of drug-likeness (QED) is 0.908. The van der Waals surface area contributed by atoms with Crippen molar-refractivity contribution in [2.45, 2.75) is 13.0 Å². The van der Waals surface area contributed by atoms with Crippen molar-refractivity contribution in [3.8, 4) is 0 Å². The van der Waals surface area contributed by atoms with Crippen molar-refractivity contribution in [1.29, 1.82) is 0 Å². The molecule has 0 saturated heterocycles. The summed E-state index contributed by atoms with van der Waals surface area (Å²) >= 11 is 4.91. The lowest BCUT2D eigenvalue weighted by Crippen LogP contribution is -1.95. The molecular weight excluding hydrogens is 264 g/mol. The summed E-state index contributed by atoms with van der Waals surface area (Å²) in [5.74, 6) is 0.812. The summed E-state index contributed by atoms with van der Waals surface area (Å²) < 4.78 is 6.09. The van der Waals surface area contributed by atoms with E-state index in [1.165, 1.54) is 11.3 Å². The number of hydrogen-bond acceptors (Lipinski definition) is 3. The number of hydrogen-bond donors (Lipinski definition) is 1.